The van der Waals surface area contributed by atoms with E-state index in [2.05, 4.69) is 20.3 Å². The van der Waals surface area contributed by atoms with E-state index in [0.29, 0.717) is 17.9 Å². The monoisotopic (exact) mass is 324 g/mol. The van der Waals surface area contributed by atoms with Crippen LogP contribution in [-0.2, 0) is 4.79 Å². The van der Waals surface area contributed by atoms with Crippen LogP contribution in [0.15, 0.2) is 12.3 Å². The summed E-state index contributed by atoms with van der Waals surface area (Å²) in [5.41, 5.74) is 0.858. The van der Waals surface area contributed by atoms with E-state index < -0.39 is 0 Å². The van der Waals surface area contributed by atoms with Crippen molar-refractivity contribution in [1.82, 2.24) is 19.9 Å². The van der Waals surface area contributed by atoms with Gasteiger partial charge in [0, 0.05) is 25.3 Å². The molecule has 2 aromatic rings. The zero-order valence-electron chi connectivity index (χ0n) is 13.6. The molecule has 124 valence electrons. The Bertz CT molecular complexity index is 808. The highest BCUT2D eigenvalue weighted by molar-refractivity contribution is 5.87. The zero-order valence-corrected chi connectivity index (χ0v) is 13.6. The lowest BCUT2D eigenvalue weighted by Gasteiger charge is -2.19. The van der Waals surface area contributed by atoms with Crippen LogP contribution in [0, 0.1) is 30.1 Å². The van der Waals surface area contributed by atoms with Crippen molar-refractivity contribution in [1.29, 1.82) is 5.26 Å². The molecular weight excluding hydrogens is 304 g/mol. The summed E-state index contributed by atoms with van der Waals surface area (Å²) in [5.74, 6) is 2.65. The minimum Gasteiger partial charge on any atom is -0.367 e. The number of nitriles is 1. The standard InChI is InChI=1S/C17H20N6O/c1-10-20-16-14(3-5-19-16)17(21-10)22-13-6-11-8-23(9-12(11)7-13)15(24)2-4-18/h3,5,11-13H,2,6-9H2,1H3,(H2,19,20,21,22)/t11-,12+,13?. The summed E-state index contributed by atoms with van der Waals surface area (Å²) in [6.07, 6.45) is 3.95. The quantitative estimate of drug-likeness (QED) is 0.897. The molecule has 1 unspecified atom stereocenters. The second-order valence-corrected chi connectivity index (χ2v) is 6.83. The molecule has 2 aliphatic rings. The number of likely N-dealkylation sites (tertiary alicyclic amines) is 1. The lowest BCUT2D eigenvalue weighted by Crippen LogP contribution is -2.30. The molecule has 0 spiro atoms. The van der Waals surface area contributed by atoms with Crippen molar-refractivity contribution >= 4 is 22.8 Å². The number of carbonyl (C=O) groups is 1. The molecule has 0 radical (unpaired) electrons. The molecule has 1 aliphatic carbocycles. The third kappa shape index (κ3) is 2.58. The molecule has 0 aromatic carbocycles. The number of aromatic amines is 1. The first kappa shape index (κ1) is 14.9. The van der Waals surface area contributed by atoms with Crippen LogP contribution in [0.5, 0.6) is 0 Å². The Morgan fingerprint density at radius 1 is 1.42 bits per heavy atom. The van der Waals surface area contributed by atoms with E-state index >= 15 is 0 Å². The van der Waals surface area contributed by atoms with Crippen LogP contribution >= 0.6 is 0 Å². The number of nitrogens with zero attached hydrogens (tertiary/aromatic N) is 4. The fourth-order valence-corrected chi connectivity index (χ4v) is 4.16. The average Bonchev–Trinajstić information content (AvgIpc) is 3.20. The van der Waals surface area contributed by atoms with E-state index in [-0.39, 0.29) is 12.3 Å². The Labute approximate surface area is 140 Å². The van der Waals surface area contributed by atoms with Crippen LogP contribution < -0.4 is 5.32 Å². The molecule has 0 bridgehead atoms. The minimum atomic E-state index is -0.0307. The molecule has 2 N–H and O–H groups in total. The number of aryl methyl sites for hydroxylation is 1. The van der Waals surface area contributed by atoms with Gasteiger partial charge in [-0.1, -0.05) is 0 Å². The maximum absolute atomic E-state index is 11.9. The van der Waals surface area contributed by atoms with Crippen LogP contribution in [-0.4, -0.2) is 44.9 Å². The Morgan fingerprint density at radius 2 is 2.17 bits per heavy atom. The fraction of sp³-hybridized carbons (Fsp3) is 0.529. The summed E-state index contributed by atoms with van der Waals surface area (Å²) < 4.78 is 0. The smallest absolute Gasteiger partial charge is 0.236 e. The van der Waals surface area contributed by atoms with Gasteiger partial charge in [-0.2, -0.15) is 5.26 Å². The van der Waals surface area contributed by atoms with E-state index in [1.165, 1.54) is 0 Å². The molecule has 1 aliphatic heterocycles. The van der Waals surface area contributed by atoms with Crippen LogP contribution in [0.2, 0.25) is 0 Å². The number of H-pyrrole nitrogens is 1. The number of carbonyl (C=O) groups excluding carboxylic acids is 1. The summed E-state index contributed by atoms with van der Waals surface area (Å²) in [5, 5.41) is 13.3. The van der Waals surface area contributed by atoms with Gasteiger partial charge in [0.05, 0.1) is 11.5 Å². The fourth-order valence-electron chi connectivity index (χ4n) is 4.16. The average molecular weight is 324 g/mol. The van der Waals surface area contributed by atoms with Gasteiger partial charge in [0.2, 0.25) is 5.91 Å². The van der Waals surface area contributed by atoms with E-state index in [9.17, 15) is 4.79 Å². The van der Waals surface area contributed by atoms with Crippen molar-refractivity contribution < 1.29 is 4.79 Å². The summed E-state index contributed by atoms with van der Waals surface area (Å²) >= 11 is 0. The van der Waals surface area contributed by atoms with Crippen molar-refractivity contribution in [2.75, 3.05) is 18.4 Å². The van der Waals surface area contributed by atoms with Gasteiger partial charge < -0.3 is 15.2 Å². The first-order valence-corrected chi connectivity index (χ1v) is 8.37. The first-order chi connectivity index (χ1) is 11.6. The third-order valence-corrected chi connectivity index (χ3v) is 5.20. The predicted molar refractivity (Wildman–Crippen MR) is 89.1 cm³/mol. The van der Waals surface area contributed by atoms with Crippen molar-refractivity contribution in [3.63, 3.8) is 0 Å². The SMILES string of the molecule is Cc1nc(NC2C[C@@H]3CN(C(=O)CC#N)C[C@@H]3C2)c2cc[nH]c2n1. The van der Waals surface area contributed by atoms with Crippen LogP contribution in [0.4, 0.5) is 5.82 Å². The molecule has 2 aromatic heterocycles. The topological polar surface area (TPSA) is 97.7 Å². The van der Waals surface area contributed by atoms with Gasteiger partial charge >= 0.3 is 0 Å². The molecule has 3 atom stereocenters. The second kappa shape index (κ2) is 5.78. The highest BCUT2D eigenvalue weighted by atomic mass is 16.2. The van der Waals surface area contributed by atoms with Crippen LogP contribution in [0.25, 0.3) is 11.0 Å². The molecule has 2 fully saturated rings. The zero-order chi connectivity index (χ0) is 16.7. The van der Waals surface area contributed by atoms with Gasteiger partial charge in [-0.15, -0.1) is 0 Å². The summed E-state index contributed by atoms with van der Waals surface area (Å²) in [7, 11) is 0. The maximum atomic E-state index is 11.9. The minimum absolute atomic E-state index is 0.00714. The number of aromatic nitrogens is 3. The lowest BCUT2D eigenvalue weighted by molar-refractivity contribution is -0.129. The second-order valence-electron chi connectivity index (χ2n) is 6.83. The summed E-state index contributed by atoms with van der Waals surface area (Å²) in [6, 6.07) is 4.32. The highest BCUT2D eigenvalue weighted by Crippen LogP contribution is 2.39. The van der Waals surface area contributed by atoms with Gasteiger partial charge in [-0.25, -0.2) is 9.97 Å². The molecule has 3 heterocycles. The molecule has 4 rings (SSSR count). The normalized spacial score (nSPS) is 25.7. The van der Waals surface area contributed by atoms with Crippen molar-refractivity contribution in [2.45, 2.75) is 32.2 Å². The van der Waals surface area contributed by atoms with E-state index in [4.69, 9.17) is 5.26 Å². The Balaban J connectivity index is 1.43. The lowest BCUT2D eigenvalue weighted by atomic mass is 10.0. The number of hydrogen-bond acceptors (Lipinski definition) is 5. The molecule has 1 amide bonds. The van der Waals surface area contributed by atoms with Crippen molar-refractivity contribution in [3.8, 4) is 6.07 Å². The molecule has 24 heavy (non-hydrogen) atoms. The molecule has 1 saturated heterocycles. The van der Waals surface area contributed by atoms with Crippen LogP contribution in [0.1, 0.15) is 25.1 Å². The van der Waals surface area contributed by atoms with Gasteiger partial charge in [0.25, 0.3) is 0 Å². The van der Waals surface area contributed by atoms with Crippen molar-refractivity contribution in [3.05, 3.63) is 18.1 Å². The molecule has 7 heteroatoms. The van der Waals surface area contributed by atoms with E-state index in [1.54, 1.807) is 0 Å². The number of fused-ring (bicyclic) bond motifs is 2. The van der Waals surface area contributed by atoms with Gasteiger partial charge in [-0.05, 0) is 37.7 Å². The van der Waals surface area contributed by atoms with Crippen molar-refractivity contribution in [2.24, 2.45) is 11.8 Å². The number of hydrogen-bond donors (Lipinski definition) is 2. The molecular formula is C17H20N6O. The molecule has 1 saturated carbocycles. The van der Waals surface area contributed by atoms with E-state index in [1.807, 2.05) is 30.2 Å². The summed E-state index contributed by atoms with van der Waals surface area (Å²) in [4.78, 5) is 25.8. The Morgan fingerprint density at radius 3 is 2.88 bits per heavy atom. The van der Waals surface area contributed by atoms with Gasteiger partial charge in [0.15, 0.2) is 0 Å². The summed E-state index contributed by atoms with van der Waals surface area (Å²) in [6.45, 7) is 3.46. The van der Waals surface area contributed by atoms with Gasteiger partial charge in [0.1, 0.15) is 23.7 Å². The number of anilines is 1. The predicted octanol–water partition coefficient (Wildman–Crippen LogP) is 1.83. The number of amides is 1. The Kier molecular flexibility index (Phi) is 3.60. The number of rotatable bonds is 3. The molecule has 7 nitrogen and oxygen atoms in total. The van der Waals surface area contributed by atoms with Crippen LogP contribution in [0.3, 0.4) is 0 Å². The number of nitrogens with one attached hydrogen (secondary N) is 2. The third-order valence-electron chi connectivity index (χ3n) is 5.20. The maximum Gasteiger partial charge on any atom is 0.236 e. The van der Waals surface area contributed by atoms with Gasteiger partial charge in [-0.3, -0.25) is 4.79 Å². The first-order valence-electron chi connectivity index (χ1n) is 8.37. The van der Waals surface area contributed by atoms with E-state index in [0.717, 1.165) is 48.6 Å². The Hall–Kier alpha value is -2.62. The highest BCUT2D eigenvalue weighted by Gasteiger charge is 2.42. The largest absolute Gasteiger partial charge is 0.367 e.